The van der Waals surface area contributed by atoms with Crippen molar-refractivity contribution in [2.45, 2.75) is 13.8 Å². The van der Waals surface area contributed by atoms with Gasteiger partial charge in [-0.1, -0.05) is 84.9 Å². The van der Waals surface area contributed by atoms with E-state index in [1.165, 1.54) is 54.3 Å². The minimum absolute atomic E-state index is 1.32. The minimum atomic E-state index is 1.32. The van der Waals surface area contributed by atoms with E-state index in [1.807, 2.05) is 0 Å². The van der Waals surface area contributed by atoms with E-state index in [9.17, 15) is 0 Å². The van der Waals surface area contributed by atoms with Crippen LogP contribution in [-0.2, 0) is 0 Å². The van der Waals surface area contributed by atoms with Crippen LogP contribution in [0.15, 0.2) is 84.9 Å². The second kappa shape index (κ2) is 5.71. The molecule has 0 spiro atoms. The van der Waals surface area contributed by atoms with Crippen LogP contribution in [0.4, 0.5) is 0 Å². The van der Waals surface area contributed by atoms with Crippen LogP contribution in [-0.4, -0.2) is 0 Å². The fourth-order valence-corrected chi connectivity index (χ4v) is 4.23. The Morgan fingerprint density at radius 3 is 1.19 bits per heavy atom. The molecule has 0 heteroatoms. The fraction of sp³-hybridized carbons (Fsp3) is 0.0769. The van der Waals surface area contributed by atoms with Crippen molar-refractivity contribution < 1.29 is 0 Å². The first-order chi connectivity index (χ1) is 12.8. The lowest BCUT2D eigenvalue weighted by Gasteiger charge is -2.16. The van der Waals surface area contributed by atoms with Gasteiger partial charge in [0.05, 0.1) is 0 Å². The average molecular weight is 332 g/mol. The van der Waals surface area contributed by atoms with E-state index < -0.39 is 0 Å². The van der Waals surface area contributed by atoms with Gasteiger partial charge in [0.2, 0.25) is 0 Å². The quantitative estimate of drug-likeness (QED) is 0.345. The molecule has 5 rings (SSSR count). The van der Waals surface area contributed by atoms with Crippen LogP contribution < -0.4 is 0 Å². The molecule has 26 heavy (non-hydrogen) atoms. The Bertz CT molecular complexity index is 1240. The summed E-state index contributed by atoms with van der Waals surface area (Å²) >= 11 is 0. The van der Waals surface area contributed by atoms with Crippen molar-refractivity contribution in [3.8, 4) is 22.3 Å². The Hall–Kier alpha value is -3.12. The van der Waals surface area contributed by atoms with E-state index in [0.29, 0.717) is 0 Å². The van der Waals surface area contributed by atoms with Crippen molar-refractivity contribution in [1.82, 2.24) is 0 Å². The summed E-state index contributed by atoms with van der Waals surface area (Å²) in [6.45, 7) is 4.39. The number of rotatable bonds is 2. The lowest BCUT2D eigenvalue weighted by molar-refractivity contribution is 1.27. The molecule has 0 unspecified atom stereocenters. The highest BCUT2D eigenvalue weighted by Crippen LogP contribution is 2.33. The molecule has 0 heterocycles. The molecular weight excluding hydrogens is 312 g/mol. The van der Waals surface area contributed by atoms with Crippen LogP contribution in [0.1, 0.15) is 11.1 Å². The zero-order valence-corrected chi connectivity index (χ0v) is 15.1. The van der Waals surface area contributed by atoms with Gasteiger partial charge in [0.15, 0.2) is 0 Å². The summed E-state index contributed by atoms with van der Waals surface area (Å²) in [5.74, 6) is 0. The van der Waals surface area contributed by atoms with Crippen molar-refractivity contribution in [2.24, 2.45) is 0 Å². The smallest absolute Gasteiger partial charge is 0.00140 e. The summed E-state index contributed by atoms with van der Waals surface area (Å²) < 4.78 is 0. The summed E-state index contributed by atoms with van der Waals surface area (Å²) in [5, 5.41) is 5.54. The summed E-state index contributed by atoms with van der Waals surface area (Å²) in [6, 6.07) is 30.8. The first kappa shape index (κ1) is 15.2. The third-order valence-corrected chi connectivity index (χ3v) is 5.54. The maximum atomic E-state index is 2.26. The van der Waals surface area contributed by atoms with E-state index in [0.717, 1.165) is 0 Å². The number of hydrogen-bond donors (Lipinski definition) is 0. The van der Waals surface area contributed by atoms with Crippen LogP contribution in [0, 0.1) is 34.7 Å². The molecule has 0 bridgehead atoms. The first-order valence-corrected chi connectivity index (χ1v) is 9.14. The Labute approximate surface area is 153 Å². The van der Waals surface area contributed by atoms with Gasteiger partial charge in [-0.15, -0.1) is 0 Å². The molecule has 4 aromatic rings. The van der Waals surface area contributed by atoms with Crippen molar-refractivity contribution in [3.63, 3.8) is 0 Å². The molecule has 0 saturated carbocycles. The molecule has 0 nitrogen and oxygen atoms in total. The highest BCUT2D eigenvalue weighted by Gasteiger charge is 2.14. The molecule has 4 aromatic carbocycles. The van der Waals surface area contributed by atoms with Crippen molar-refractivity contribution >= 4 is 0 Å². The molecule has 0 saturated heterocycles. The Morgan fingerprint density at radius 1 is 0.385 bits per heavy atom. The van der Waals surface area contributed by atoms with Gasteiger partial charge < -0.3 is 0 Å². The molecular formula is C26H20. The largest absolute Gasteiger partial charge is 0.0620 e. The highest BCUT2D eigenvalue weighted by atomic mass is 14.2. The van der Waals surface area contributed by atoms with E-state index in [2.05, 4.69) is 98.8 Å². The molecule has 124 valence electrons. The summed E-state index contributed by atoms with van der Waals surface area (Å²) in [6.07, 6.45) is 0. The van der Waals surface area contributed by atoms with Crippen molar-refractivity contribution in [1.29, 1.82) is 0 Å². The van der Waals surface area contributed by atoms with E-state index in [4.69, 9.17) is 0 Å². The SMILES string of the molecule is Cc1ccccc1-c1cccc2c1=c1c(-c3ccccc3C)cccc1=2. The third-order valence-electron chi connectivity index (χ3n) is 5.54. The maximum absolute atomic E-state index is 2.26. The van der Waals surface area contributed by atoms with Crippen LogP contribution in [0.25, 0.3) is 22.3 Å². The Kier molecular flexibility index (Phi) is 3.33. The van der Waals surface area contributed by atoms with Crippen molar-refractivity contribution in [3.05, 3.63) is 117 Å². The number of benzene rings is 4. The number of aryl methyl sites for hydroxylation is 2. The molecule has 0 fully saturated rings. The molecule has 1 aliphatic rings. The first-order valence-electron chi connectivity index (χ1n) is 9.14. The van der Waals surface area contributed by atoms with Gasteiger partial charge in [-0.05, 0) is 68.1 Å². The van der Waals surface area contributed by atoms with Crippen LogP contribution in [0.2, 0.25) is 0 Å². The summed E-state index contributed by atoms with van der Waals surface area (Å²) in [4.78, 5) is 0. The topological polar surface area (TPSA) is 0 Å². The van der Waals surface area contributed by atoms with Crippen LogP contribution in [0.3, 0.4) is 0 Å². The minimum Gasteiger partial charge on any atom is -0.0620 e. The van der Waals surface area contributed by atoms with Gasteiger partial charge in [0.1, 0.15) is 0 Å². The van der Waals surface area contributed by atoms with Gasteiger partial charge in [-0.2, -0.15) is 0 Å². The van der Waals surface area contributed by atoms with Crippen LogP contribution in [0.5, 0.6) is 0 Å². The molecule has 0 N–H and O–H groups in total. The van der Waals surface area contributed by atoms with Crippen molar-refractivity contribution in [2.75, 3.05) is 0 Å². The number of hydrogen-bond acceptors (Lipinski definition) is 0. The molecule has 0 atom stereocenters. The van der Waals surface area contributed by atoms with E-state index in [1.54, 1.807) is 0 Å². The van der Waals surface area contributed by atoms with Crippen LogP contribution >= 0.6 is 0 Å². The summed E-state index contributed by atoms with van der Waals surface area (Å²) in [5.41, 5.74) is 7.98. The highest BCUT2D eigenvalue weighted by molar-refractivity contribution is 5.74. The lowest BCUT2D eigenvalue weighted by atomic mass is 9.87. The Morgan fingerprint density at radius 2 is 0.769 bits per heavy atom. The summed E-state index contributed by atoms with van der Waals surface area (Å²) in [7, 11) is 0. The lowest BCUT2D eigenvalue weighted by Crippen LogP contribution is -1.98. The predicted octanol–water partition coefficient (Wildman–Crippen LogP) is 6.52. The second-order valence-corrected chi connectivity index (χ2v) is 7.09. The fourth-order valence-electron chi connectivity index (χ4n) is 4.23. The van der Waals surface area contributed by atoms with E-state index in [-0.39, 0.29) is 0 Å². The molecule has 0 aromatic heterocycles. The monoisotopic (exact) mass is 332 g/mol. The maximum Gasteiger partial charge on any atom is -0.00140 e. The molecule has 0 radical (unpaired) electrons. The van der Waals surface area contributed by atoms with Gasteiger partial charge in [0.25, 0.3) is 0 Å². The molecule has 0 aliphatic heterocycles. The number of fused-ring (bicyclic) bond motifs is 2. The van der Waals surface area contributed by atoms with Gasteiger partial charge in [0, 0.05) is 0 Å². The van der Waals surface area contributed by atoms with E-state index >= 15 is 0 Å². The zero-order chi connectivity index (χ0) is 17.7. The Balaban J connectivity index is 1.94. The zero-order valence-electron chi connectivity index (χ0n) is 15.1. The standard InChI is InChI=1S/C26H20/c1-17-9-3-5-11-19(17)21-13-7-15-23-24-16-8-14-22(26(24)25(21)23)20-12-6-4-10-18(20)2/h3-16H,1-2H3. The average Bonchev–Trinajstić information content (AvgIpc) is 2.66. The molecule has 1 aliphatic carbocycles. The molecule has 0 amide bonds. The third kappa shape index (κ3) is 2.09. The van der Waals surface area contributed by atoms with Gasteiger partial charge >= 0.3 is 0 Å². The van der Waals surface area contributed by atoms with Gasteiger partial charge in [-0.3, -0.25) is 0 Å². The second-order valence-electron chi connectivity index (χ2n) is 7.09. The van der Waals surface area contributed by atoms with Gasteiger partial charge in [-0.25, -0.2) is 0 Å². The predicted molar refractivity (Wildman–Crippen MR) is 109 cm³/mol. The normalized spacial score (nSPS) is 11.5.